The maximum atomic E-state index is 3.56. The van der Waals surface area contributed by atoms with E-state index in [-0.39, 0.29) is 0 Å². The van der Waals surface area contributed by atoms with Crippen LogP contribution in [-0.2, 0) is 0 Å². The Balaban J connectivity index is 1.13. The molecule has 0 radical (unpaired) electrons. The van der Waals surface area contributed by atoms with E-state index in [2.05, 4.69) is 180 Å². The van der Waals surface area contributed by atoms with Gasteiger partial charge in [0, 0.05) is 57.7 Å². The summed E-state index contributed by atoms with van der Waals surface area (Å²) >= 11 is 0. The van der Waals surface area contributed by atoms with E-state index in [0.29, 0.717) is 0 Å². The average molecular weight is 561 g/mol. The van der Waals surface area contributed by atoms with E-state index in [0.717, 1.165) is 57.7 Å². The summed E-state index contributed by atoms with van der Waals surface area (Å²) in [5.74, 6) is 0. The van der Waals surface area contributed by atoms with Crippen LogP contribution in [0.4, 0.5) is 51.2 Å². The highest BCUT2D eigenvalue weighted by Crippen LogP contribution is 2.35. The van der Waals surface area contributed by atoms with E-state index < -0.39 is 0 Å². The van der Waals surface area contributed by atoms with Gasteiger partial charge >= 0.3 is 0 Å². The molecule has 6 rings (SSSR count). The second-order valence-corrected chi connectivity index (χ2v) is 10.5. The molecule has 6 aromatic carbocycles. The summed E-state index contributed by atoms with van der Waals surface area (Å²) in [5.41, 5.74) is 11.2. The van der Waals surface area contributed by atoms with Crippen LogP contribution >= 0.6 is 0 Å². The maximum absolute atomic E-state index is 3.56. The first-order chi connectivity index (χ1) is 21.2. The third-order valence-electron chi connectivity index (χ3n) is 7.46. The molecular weight excluding hydrogens is 524 g/mol. The zero-order chi connectivity index (χ0) is 29.4. The van der Waals surface area contributed by atoms with Crippen molar-refractivity contribution in [1.29, 1.82) is 0 Å². The van der Waals surface area contributed by atoms with E-state index >= 15 is 0 Å². The molecule has 43 heavy (non-hydrogen) atoms. The third-order valence-corrected chi connectivity index (χ3v) is 7.46. The predicted octanol–water partition coefficient (Wildman–Crippen LogP) is 11.1. The Kier molecular flexibility index (Phi) is 8.37. The molecule has 0 unspecified atom stereocenters. The number of nitrogens with one attached hydrogen (secondary N) is 2. The van der Waals surface area contributed by atoms with E-state index in [4.69, 9.17) is 0 Å². The minimum atomic E-state index is 0.873. The molecular formula is C39H36N4. The van der Waals surface area contributed by atoms with Gasteiger partial charge < -0.3 is 20.4 Å². The van der Waals surface area contributed by atoms with Gasteiger partial charge in [-0.3, -0.25) is 0 Å². The zero-order valence-corrected chi connectivity index (χ0v) is 24.6. The Morgan fingerprint density at radius 3 is 1.09 bits per heavy atom. The van der Waals surface area contributed by atoms with Gasteiger partial charge in [0.05, 0.1) is 0 Å². The van der Waals surface area contributed by atoms with Crippen molar-refractivity contribution in [2.75, 3.05) is 27.0 Å². The molecule has 212 valence electrons. The van der Waals surface area contributed by atoms with Crippen LogP contribution in [0.1, 0.15) is 12.5 Å². The van der Waals surface area contributed by atoms with Gasteiger partial charge in [-0.25, -0.2) is 0 Å². The Bertz CT molecular complexity index is 1670. The van der Waals surface area contributed by atoms with Gasteiger partial charge in [-0.1, -0.05) is 54.1 Å². The highest BCUT2D eigenvalue weighted by atomic mass is 15.1. The fraction of sp³-hybridized carbons (Fsp3) is 0.0769. The minimum absolute atomic E-state index is 0.873. The average Bonchev–Trinajstić information content (AvgIpc) is 3.06. The topological polar surface area (TPSA) is 30.5 Å². The minimum Gasteiger partial charge on any atom is -0.356 e. The molecule has 0 aliphatic heterocycles. The van der Waals surface area contributed by atoms with Crippen molar-refractivity contribution in [3.8, 4) is 0 Å². The summed E-state index contributed by atoms with van der Waals surface area (Å²) in [7, 11) is 0. The Morgan fingerprint density at radius 2 is 0.721 bits per heavy atom. The van der Waals surface area contributed by atoms with E-state index in [9.17, 15) is 0 Å². The lowest BCUT2D eigenvalue weighted by Crippen LogP contribution is -2.15. The lowest BCUT2D eigenvalue weighted by atomic mass is 10.1. The Hall–Kier alpha value is -5.48. The normalized spacial score (nSPS) is 10.7. The van der Waals surface area contributed by atoms with Crippen molar-refractivity contribution in [3.05, 3.63) is 163 Å². The fourth-order valence-electron chi connectivity index (χ4n) is 5.23. The molecule has 0 atom stereocenters. The van der Waals surface area contributed by atoms with Crippen LogP contribution in [0.5, 0.6) is 0 Å². The Labute approximate surface area is 254 Å². The SMILES string of the molecule is CCN(c1ccc(Nc2ccc(C)cc2)cc1)c1ccc(Nc2ccc(N(c3ccccc3)c3ccccc3)cc2)cc1. The predicted molar refractivity (Wildman–Crippen MR) is 184 cm³/mol. The van der Waals surface area contributed by atoms with Gasteiger partial charge in [-0.05, 0) is 123 Å². The van der Waals surface area contributed by atoms with Gasteiger partial charge in [0.15, 0.2) is 0 Å². The molecule has 6 aromatic rings. The quantitative estimate of drug-likeness (QED) is 0.174. The standard InChI is InChI=1S/C39H36N4/c1-3-42(35-24-18-32(19-25-35)40-31-16-14-30(2)15-17-31)36-26-20-33(21-27-36)41-34-22-28-39(29-23-34)43(37-10-6-4-7-11-37)38-12-8-5-9-13-38/h4-29,40-41H,3H2,1-2H3. The van der Waals surface area contributed by atoms with Gasteiger partial charge in [-0.2, -0.15) is 0 Å². The molecule has 0 aliphatic carbocycles. The van der Waals surface area contributed by atoms with Gasteiger partial charge in [0.1, 0.15) is 0 Å². The van der Waals surface area contributed by atoms with Crippen LogP contribution in [0.25, 0.3) is 0 Å². The summed E-state index contributed by atoms with van der Waals surface area (Å²) in [4.78, 5) is 4.58. The van der Waals surface area contributed by atoms with Crippen molar-refractivity contribution < 1.29 is 0 Å². The molecule has 0 saturated heterocycles. The van der Waals surface area contributed by atoms with Crippen molar-refractivity contribution in [1.82, 2.24) is 0 Å². The van der Waals surface area contributed by atoms with Crippen molar-refractivity contribution in [2.24, 2.45) is 0 Å². The molecule has 0 aliphatic rings. The summed E-state index contributed by atoms with van der Waals surface area (Å²) < 4.78 is 0. The number of benzene rings is 6. The summed E-state index contributed by atoms with van der Waals surface area (Å²) in [6.07, 6.45) is 0. The van der Waals surface area contributed by atoms with Crippen molar-refractivity contribution in [3.63, 3.8) is 0 Å². The molecule has 0 saturated carbocycles. The highest BCUT2D eigenvalue weighted by molar-refractivity contribution is 5.78. The van der Waals surface area contributed by atoms with Gasteiger partial charge in [0.25, 0.3) is 0 Å². The lowest BCUT2D eigenvalue weighted by molar-refractivity contribution is 1.02. The zero-order valence-electron chi connectivity index (χ0n) is 24.6. The van der Waals surface area contributed by atoms with Crippen molar-refractivity contribution in [2.45, 2.75) is 13.8 Å². The summed E-state index contributed by atoms with van der Waals surface area (Å²) in [6, 6.07) is 55.2. The number of anilines is 9. The molecule has 0 amide bonds. The number of hydrogen-bond donors (Lipinski definition) is 2. The van der Waals surface area contributed by atoms with Gasteiger partial charge in [-0.15, -0.1) is 0 Å². The summed E-state index contributed by atoms with van der Waals surface area (Å²) in [5, 5.41) is 7.04. The molecule has 0 bridgehead atoms. The van der Waals surface area contributed by atoms with Crippen LogP contribution in [0, 0.1) is 6.92 Å². The number of para-hydroxylation sites is 2. The molecule has 4 nitrogen and oxygen atoms in total. The lowest BCUT2D eigenvalue weighted by Gasteiger charge is -2.25. The first-order valence-corrected chi connectivity index (χ1v) is 14.7. The highest BCUT2D eigenvalue weighted by Gasteiger charge is 2.12. The first kappa shape index (κ1) is 27.7. The number of nitrogens with zero attached hydrogens (tertiary/aromatic N) is 2. The van der Waals surface area contributed by atoms with E-state index in [1.807, 2.05) is 12.1 Å². The van der Waals surface area contributed by atoms with Crippen LogP contribution < -0.4 is 20.4 Å². The second-order valence-electron chi connectivity index (χ2n) is 10.5. The van der Waals surface area contributed by atoms with Crippen LogP contribution in [0.2, 0.25) is 0 Å². The Morgan fingerprint density at radius 1 is 0.395 bits per heavy atom. The fourth-order valence-corrected chi connectivity index (χ4v) is 5.23. The number of rotatable bonds is 10. The van der Waals surface area contributed by atoms with E-state index in [1.54, 1.807) is 0 Å². The second kappa shape index (κ2) is 13.0. The smallest absolute Gasteiger partial charge is 0.0463 e. The molecule has 2 N–H and O–H groups in total. The number of hydrogen-bond acceptors (Lipinski definition) is 4. The van der Waals surface area contributed by atoms with Crippen LogP contribution in [0.15, 0.2) is 158 Å². The molecule has 0 heterocycles. The molecule has 0 spiro atoms. The monoisotopic (exact) mass is 560 g/mol. The van der Waals surface area contributed by atoms with Crippen molar-refractivity contribution >= 4 is 51.2 Å². The molecule has 4 heteroatoms. The van der Waals surface area contributed by atoms with E-state index in [1.165, 1.54) is 5.56 Å². The van der Waals surface area contributed by atoms with Crippen LogP contribution in [0.3, 0.4) is 0 Å². The molecule has 0 aromatic heterocycles. The first-order valence-electron chi connectivity index (χ1n) is 14.7. The number of aryl methyl sites for hydroxylation is 1. The summed E-state index contributed by atoms with van der Waals surface area (Å²) in [6.45, 7) is 5.16. The van der Waals surface area contributed by atoms with Gasteiger partial charge in [0.2, 0.25) is 0 Å². The third kappa shape index (κ3) is 6.71. The molecule has 0 fully saturated rings. The largest absolute Gasteiger partial charge is 0.356 e. The maximum Gasteiger partial charge on any atom is 0.0463 e. The van der Waals surface area contributed by atoms with Crippen LogP contribution in [-0.4, -0.2) is 6.54 Å².